The molecule has 0 saturated heterocycles. The SMILES string of the molecule is CCc1onc2cc(C(C)C(=O)O)ccc12. The number of carbonyl (C=O) groups is 1. The van der Waals surface area contributed by atoms with Crippen molar-refractivity contribution in [3.8, 4) is 0 Å². The third-order valence-electron chi connectivity index (χ3n) is 2.77. The van der Waals surface area contributed by atoms with E-state index in [2.05, 4.69) is 5.16 Å². The maximum Gasteiger partial charge on any atom is 0.310 e. The maximum absolute atomic E-state index is 10.9. The van der Waals surface area contributed by atoms with Crippen molar-refractivity contribution in [3.05, 3.63) is 29.5 Å². The van der Waals surface area contributed by atoms with Crippen molar-refractivity contribution in [3.63, 3.8) is 0 Å². The van der Waals surface area contributed by atoms with Crippen molar-refractivity contribution < 1.29 is 14.4 Å². The highest BCUT2D eigenvalue weighted by molar-refractivity contribution is 5.83. The molecule has 1 aromatic carbocycles. The van der Waals surface area contributed by atoms with Gasteiger partial charge in [0.05, 0.1) is 5.92 Å². The average molecular weight is 219 g/mol. The van der Waals surface area contributed by atoms with Crippen molar-refractivity contribution in [2.45, 2.75) is 26.2 Å². The summed E-state index contributed by atoms with van der Waals surface area (Å²) in [6.07, 6.45) is 0.782. The fourth-order valence-electron chi connectivity index (χ4n) is 1.68. The van der Waals surface area contributed by atoms with Crippen LogP contribution in [-0.4, -0.2) is 16.2 Å². The molecule has 1 aromatic heterocycles. The molecule has 0 aliphatic rings. The van der Waals surface area contributed by atoms with E-state index in [0.29, 0.717) is 0 Å². The minimum atomic E-state index is -0.835. The Morgan fingerprint density at radius 2 is 2.31 bits per heavy atom. The summed E-state index contributed by atoms with van der Waals surface area (Å²) >= 11 is 0. The lowest BCUT2D eigenvalue weighted by atomic mass is 10.00. The molecule has 4 heteroatoms. The van der Waals surface area contributed by atoms with Gasteiger partial charge in [-0.2, -0.15) is 0 Å². The molecule has 1 atom stereocenters. The second-order valence-corrected chi connectivity index (χ2v) is 3.80. The van der Waals surface area contributed by atoms with Crippen LogP contribution in [0.2, 0.25) is 0 Å². The molecule has 0 spiro atoms. The molecule has 1 unspecified atom stereocenters. The van der Waals surface area contributed by atoms with E-state index in [1.54, 1.807) is 13.0 Å². The van der Waals surface area contributed by atoms with Crippen molar-refractivity contribution in [2.24, 2.45) is 0 Å². The predicted octanol–water partition coefficient (Wildman–Crippen LogP) is 2.58. The van der Waals surface area contributed by atoms with Crippen LogP contribution in [0, 0.1) is 0 Å². The van der Waals surface area contributed by atoms with Gasteiger partial charge in [-0.25, -0.2) is 0 Å². The molecule has 84 valence electrons. The van der Waals surface area contributed by atoms with E-state index in [-0.39, 0.29) is 0 Å². The first-order valence-corrected chi connectivity index (χ1v) is 5.24. The highest BCUT2D eigenvalue weighted by atomic mass is 16.5. The Balaban J connectivity index is 2.49. The van der Waals surface area contributed by atoms with E-state index < -0.39 is 11.9 Å². The van der Waals surface area contributed by atoms with E-state index in [4.69, 9.17) is 9.63 Å². The highest BCUT2D eigenvalue weighted by Gasteiger charge is 2.15. The fraction of sp³-hybridized carbons (Fsp3) is 0.333. The Labute approximate surface area is 92.9 Å². The number of hydrogen-bond donors (Lipinski definition) is 1. The number of aliphatic carboxylic acids is 1. The molecule has 0 radical (unpaired) electrons. The van der Waals surface area contributed by atoms with Crippen LogP contribution in [0.15, 0.2) is 22.7 Å². The average Bonchev–Trinajstić information content (AvgIpc) is 2.69. The second kappa shape index (κ2) is 3.96. The topological polar surface area (TPSA) is 63.3 Å². The van der Waals surface area contributed by atoms with Crippen LogP contribution in [0.4, 0.5) is 0 Å². The van der Waals surface area contributed by atoms with Crippen molar-refractivity contribution >= 4 is 16.9 Å². The molecule has 4 nitrogen and oxygen atoms in total. The molecule has 1 N–H and O–H groups in total. The van der Waals surface area contributed by atoms with E-state index in [1.165, 1.54) is 0 Å². The lowest BCUT2D eigenvalue weighted by molar-refractivity contribution is -0.138. The van der Waals surface area contributed by atoms with Crippen LogP contribution in [0.1, 0.15) is 31.1 Å². The predicted molar refractivity (Wildman–Crippen MR) is 59.4 cm³/mol. The number of rotatable bonds is 3. The summed E-state index contributed by atoms with van der Waals surface area (Å²) in [5, 5.41) is 13.8. The Kier molecular flexibility index (Phi) is 2.64. The van der Waals surface area contributed by atoms with Gasteiger partial charge < -0.3 is 9.63 Å². The largest absolute Gasteiger partial charge is 0.481 e. The lowest BCUT2D eigenvalue weighted by Crippen LogP contribution is -2.06. The Morgan fingerprint density at radius 3 is 2.94 bits per heavy atom. The number of carboxylic acid groups (broad SMARTS) is 1. The number of nitrogens with zero attached hydrogens (tertiary/aromatic N) is 1. The van der Waals surface area contributed by atoms with E-state index >= 15 is 0 Å². The molecular formula is C12H13NO3. The van der Waals surface area contributed by atoms with Crippen molar-refractivity contribution in [1.29, 1.82) is 0 Å². The Bertz CT molecular complexity index is 530. The highest BCUT2D eigenvalue weighted by Crippen LogP contribution is 2.24. The Hall–Kier alpha value is -1.84. The van der Waals surface area contributed by atoms with Gasteiger partial charge in [0, 0.05) is 11.8 Å². The van der Waals surface area contributed by atoms with Gasteiger partial charge >= 0.3 is 5.97 Å². The number of carboxylic acids is 1. The normalized spacial score (nSPS) is 12.9. The monoisotopic (exact) mass is 219 g/mol. The van der Waals surface area contributed by atoms with Gasteiger partial charge in [-0.1, -0.05) is 18.1 Å². The molecule has 0 aliphatic carbocycles. The molecule has 16 heavy (non-hydrogen) atoms. The molecule has 0 aliphatic heterocycles. The van der Waals surface area contributed by atoms with Gasteiger partial charge in [-0.15, -0.1) is 0 Å². The zero-order valence-electron chi connectivity index (χ0n) is 9.23. The summed E-state index contributed by atoms with van der Waals surface area (Å²) in [5.41, 5.74) is 1.47. The third kappa shape index (κ3) is 1.66. The van der Waals surface area contributed by atoms with Gasteiger partial charge in [0.1, 0.15) is 11.3 Å². The number of hydrogen-bond acceptors (Lipinski definition) is 3. The summed E-state index contributed by atoms with van der Waals surface area (Å²) in [7, 11) is 0. The van der Waals surface area contributed by atoms with Gasteiger partial charge in [-0.05, 0) is 24.6 Å². The van der Waals surface area contributed by atoms with Gasteiger partial charge in [0.15, 0.2) is 0 Å². The van der Waals surface area contributed by atoms with E-state index in [9.17, 15) is 4.79 Å². The minimum Gasteiger partial charge on any atom is -0.481 e. The fourth-order valence-corrected chi connectivity index (χ4v) is 1.68. The van der Waals surface area contributed by atoms with Crippen molar-refractivity contribution in [1.82, 2.24) is 5.16 Å². The molecule has 2 rings (SSSR count). The van der Waals surface area contributed by atoms with Crippen LogP contribution < -0.4 is 0 Å². The summed E-state index contributed by atoms with van der Waals surface area (Å²) < 4.78 is 5.16. The van der Waals surface area contributed by atoms with Gasteiger partial charge in [-0.3, -0.25) is 4.79 Å². The smallest absolute Gasteiger partial charge is 0.310 e. The molecule has 0 fully saturated rings. The van der Waals surface area contributed by atoms with Gasteiger partial charge in [0.25, 0.3) is 0 Å². The summed E-state index contributed by atoms with van der Waals surface area (Å²) in [5.74, 6) is -0.519. The van der Waals surface area contributed by atoms with Gasteiger partial charge in [0.2, 0.25) is 0 Å². The summed E-state index contributed by atoms with van der Waals surface area (Å²) in [4.78, 5) is 10.9. The molecule has 0 bridgehead atoms. The summed E-state index contributed by atoms with van der Waals surface area (Å²) in [6, 6.07) is 5.47. The number of benzene rings is 1. The lowest BCUT2D eigenvalue weighted by Gasteiger charge is -2.05. The second-order valence-electron chi connectivity index (χ2n) is 3.80. The molecule has 2 aromatic rings. The number of aryl methyl sites for hydroxylation is 1. The molecular weight excluding hydrogens is 206 g/mol. The van der Waals surface area contributed by atoms with Crippen LogP contribution in [-0.2, 0) is 11.2 Å². The van der Waals surface area contributed by atoms with Crippen LogP contribution >= 0.6 is 0 Å². The minimum absolute atomic E-state index is 0.522. The van der Waals surface area contributed by atoms with E-state index in [1.807, 2.05) is 19.1 Å². The van der Waals surface area contributed by atoms with Crippen LogP contribution in [0.25, 0.3) is 10.9 Å². The zero-order valence-corrected chi connectivity index (χ0v) is 9.23. The quantitative estimate of drug-likeness (QED) is 0.861. The van der Waals surface area contributed by atoms with E-state index in [0.717, 1.165) is 28.6 Å². The third-order valence-corrected chi connectivity index (χ3v) is 2.77. The first-order valence-electron chi connectivity index (χ1n) is 5.24. The maximum atomic E-state index is 10.9. The number of fused-ring (bicyclic) bond motifs is 1. The Morgan fingerprint density at radius 1 is 1.56 bits per heavy atom. The number of aromatic nitrogens is 1. The molecule has 0 saturated carbocycles. The first kappa shape index (κ1) is 10.7. The standard InChI is InChI=1S/C12H13NO3/c1-3-11-9-5-4-8(7(2)12(14)15)6-10(9)13-16-11/h4-7H,3H2,1-2H3,(H,14,15). The zero-order chi connectivity index (χ0) is 11.7. The first-order chi connectivity index (χ1) is 7.63. The molecule has 1 heterocycles. The van der Waals surface area contributed by atoms with Crippen molar-refractivity contribution in [2.75, 3.05) is 0 Å². The van der Waals surface area contributed by atoms with Crippen LogP contribution in [0.3, 0.4) is 0 Å². The summed E-state index contributed by atoms with van der Waals surface area (Å²) in [6.45, 7) is 3.65. The molecule has 0 amide bonds. The van der Waals surface area contributed by atoms with Crippen LogP contribution in [0.5, 0.6) is 0 Å².